The maximum atomic E-state index is 13.4. The van der Waals surface area contributed by atoms with Crippen molar-refractivity contribution in [3.05, 3.63) is 90.6 Å². The normalized spacial score (nSPS) is 18.0. The van der Waals surface area contributed by atoms with Crippen LogP contribution in [0.2, 0.25) is 0 Å². The summed E-state index contributed by atoms with van der Waals surface area (Å²) < 4.78 is 22.1. The van der Waals surface area contributed by atoms with Crippen molar-refractivity contribution >= 4 is 23.4 Å². The number of hydrogen-bond acceptors (Lipinski definition) is 8. The zero-order chi connectivity index (χ0) is 30.2. The fraction of sp³-hybridized carbons (Fsp3) is 0.281. The first kappa shape index (κ1) is 29.6. The van der Waals surface area contributed by atoms with Crippen molar-refractivity contribution in [1.29, 1.82) is 0 Å². The summed E-state index contributed by atoms with van der Waals surface area (Å²) in [6.07, 6.45) is -0.511. The van der Waals surface area contributed by atoms with E-state index in [1.54, 1.807) is 62.8 Å². The van der Waals surface area contributed by atoms with Crippen LogP contribution in [0.4, 0.5) is 21.0 Å². The number of benzene rings is 3. The number of carbonyl (C=O) groups is 2. The van der Waals surface area contributed by atoms with Crippen LogP contribution in [0.1, 0.15) is 18.5 Å². The van der Waals surface area contributed by atoms with Gasteiger partial charge in [0.1, 0.15) is 17.6 Å². The van der Waals surface area contributed by atoms with Crippen LogP contribution in [0, 0.1) is 0 Å². The Labute approximate surface area is 249 Å². The molecule has 3 aromatic carbocycles. The smallest absolute Gasteiger partial charge is 0.330 e. The van der Waals surface area contributed by atoms with Crippen LogP contribution < -0.4 is 20.1 Å². The number of hydrogen-bond donors (Lipinski definition) is 3. The molecule has 4 aromatic rings. The molecule has 11 nitrogen and oxygen atoms in total. The Hall–Kier alpha value is -4.87. The second kappa shape index (κ2) is 13.9. The van der Waals surface area contributed by atoms with Gasteiger partial charge in [-0.15, -0.1) is 0 Å². The quantitative estimate of drug-likeness (QED) is 0.232. The summed E-state index contributed by atoms with van der Waals surface area (Å²) >= 11 is 0. The molecular weight excluding hydrogens is 552 g/mol. The summed E-state index contributed by atoms with van der Waals surface area (Å²) in [5.74, 6) is 1.90. The van der Waals surface area contributed by atoms with Gasteiger partial charge in [-0.05, 0) is 61.4 Å². The summed E-state index contributed by atoms with van der Waals surface area (Å²) in [5.41, 5.74) is 2.57. The molecule has 0 radical (unpaired) electrons. The van der Waals surface area contributed by atoms with Gasteiger partial charge in [-0.2, -0.15) is 0 Å². The van der Waals surface area contributed by atoms with Gasteiger partial charge < -0.3 is 34.5 Å². The Morgan fingerprint density at radius 1 is 0.884 bits per heavy atom. The molecular formula is C32H34N4O7. The highest BCUT2D eigenvalue weighted by molar-refractivity contribution is 6.05. The SMILES string of the molecule is COc1ccc(NC(=O)N(CC2OC(Cc3cc(-c4ccccc4)on3)CCC2O)C(=O)Nc2ccc(OC)cc2)cc1. The lowest BCUT2D eigenvalue weighted by molar-refractivity contribution is -0.119. The Balaban J connectivity index is 1.29. The van der Waals surface area contributed by atoms with Crippen LogP contribution in [0.15, 0.2) is 89.5 Å². The van der Waals surface area contributed by atoms with Crippen LogP contribution >= 0.6 is 0 Å². The van der Waals surface area contributed by atoms with E-state index in [-0.39, 0.29) is 12.6 Å². The van der Waals surface area contributed by atoms with Crippen molar-refractivity contribution in [2.75, 3.05) is 31.4 Å². The highest BCUT2D eigenvalue weighted by Crippen LogP contribution is 2.26. The van der Waals surface area contributed by atoms with Gasteiger partial charge in [-0.3, -0.25) is 0 Å². The van der Waals surface area contributed by atoms with E-state index in [0.717, 1.165) is 10.5 Å². The van der Waals surface area contributed by atoms with Gasteiger partial charge in [0.2, 0.25) is 0 Å². The standard InChI is InChI=1S/C32H34N4O7/c1-40-25-12-8-22(9-13-25)33-31(38)36(32(39)34-23-10-14-26(41-2)15-11-23)20-30-28(37)17-16-27(42-30)18-24-19-29(43-35-24)21-6-4-3-5-7-21/h3-15,19,27-28,30,37H,16-18,20H2,1-2H3,(H,33,38)(H,34,39). The van der Waals surface area contributed by atoms with Gasteiger partial charge in [0, 0.05) is 29.4 Å². The average molecular weight is 587 g/mol. The van der Waals surface area contributed by atoms with Crippen molar-refractivity contribution in [1.82, 2.24) is 10.1 Å². The molecule has 4 amide bonds. The van der Waals surface area contributed by atoms with E-state index < -0.39 is 24.3 Å². The largest absolute Gasteiger partial charge is 0.497 e. The van der Waals surface area contributed by atoms with Crippen molar-refractivity contribution in [2.24, 2.45) is 0 Å². The lowest BCUT2D eigenvalue weighted by Gasteiger charge is -2.36. The number of methoxy groups -OCH3 is 2. The monoisotopic (exact) mass is 586 g/mol. The first-order valence-electron chi connectivity index (χ1n) is 13.9. The van der Waals surface area contributed by atoms with E-state index in [4.69, 9.17) is 18.7 Å². The molecule has 0 bridgehead atoms. The minimum Gasteiger partial charge on any atom is -0.497 e. The molecule has 224 valence electrons. The number of amides is 4. The molecule has 1 aromatic heterocycles. The molecule has 0 spiro atoms. The Morgan fingerprint density at radius 3 is 2.02 bits per heavy atom. The molecule has 0 saturated carbocycles. The summed E-state index contributed by atoms with van der Waals surface area (Å²) in [6, 6.07) is 23.6. The zero-order valence-corrected chi connectivity index (χ0v) is 23.9. The molecule has 1 aliphatic rings. The molecule has 11 heteroatoms. The maximum absolute atomic E-state index is 13.4. The molecule has 3 unspecified atom stereocenters. The Kier molecular flexibility index (Phi) is 9.55. The summed E-state index contributed by atoms with van der Waals surface area (Å²) in [7, 11) is 3.10. The number of nitrogens with one attached hydrogen (secondary N) is 2. The third-order valence-electron chi connectivity index (χ3n) is 7.17. The van der Waals surface area contributed by atoms with E-state index >= 15 is 0 Å². The van der Waals surface area contributed by atoms with E-state index in [2.05, 4.69) is 15.8 Å². The fourth-order valence-corrected chi connectivity index (χ4v) is 4.81. The second-order valence-electron chi connectivity index (χ2n) is 10.1. The highest BCUT2D eigenvalue weighted by atomic mass is 16.5. The number of aliphatic hydroxyl groups excluding tert-OH is 1. The Morgan fingerprint density at radius 2 is 1.47 bits per heavy atom. The van der Waals surface area contributed by atoms with Crippen LogP contribution in [-0.2, 0) is 11.2 Å². The van der Waals surface area contributed by atoms with Crippen molar-refractivity contribution in [3.8, 4) is 22.8 Å². The van der Waals surface area contributed by atoms with Crippen molar-refractivity contribution < 1.29 is 33.4 Å². The van der Waals surface area contributed by atoms with Crippen LogP contribution in [-0.4, -0.2) is 66.3 Å². The lowest BCUT2D eigenvalue weighted by atomic mass is 9.97. The predicted octanol–water partition coefficient (Wildman–Crippen LogP) is 5.58. The highest BCUT2D eigenvalue weighted by Gasteiger charge is 2.35. The molecule has 3 atom stereocenters. The van der Waals surface area contributed by atoms with Crippen molar-refractivity contribution in [3.63, 3.8) is 0 Å². The number of carbonyl (C=O) groups excluding carboxylic acids is 2. The van der Waals surface area contributed by atoms with Gasteiger partial charge in [0.05, 0.1) is 38.7 Å². The zero-order valence-electron chi connectivity index (χ0n) is 23.9. The van der Waals surface area contributed by atoms with Gasteiger partial charge in [0.15, 0.2) is 5.76 Å². The van der Waals surface area contributed by atoms with Gasteiger partial charge in [-0.1, -0.05) is 35.5 Å². The number of aliphatic hydroxyl groups is 1. The minimum atomic E-state index is -0.876. The number of ether oxygens (including phenoxy) is 3. The lowest BCUT2D eigenvalue weighted by Crippen LogP contribution is -2.52. The molecule has 43 heavy (non-hydrogen) atoms. The van der Waals surface area contributed by atoms with Gasteiger partial charge in [-0.25, -0.2) is 14.5 Å². The third kappa shape index (κ3) is 7.70. The molecule has 1 aliphatic heterocycles. The number of urea groups is 2. The summed E-state index contributed by atoms with van der Waals surface area (Å²) in [5, 5.41) is 20.5. The number of aromatic nitrogens is 1. The van der Waals surface area contributed by atoms with Crippen LogP contribution in [0.3, 0.4) is 0 Å². The first-order valence-corrected chi connectivity index (χ1v) is 13.9. The summed E-state index contributed by atoms with van der Waals surface area (Å²) in [6.45, 7) is -0.185. The van der Waals surface area contributed by atoms with E-state index in [0.29, 0.717) is 53.6 Å². The van der Waals surface area contributed by atoms with Gasteiger partial charge >= 0.3 is 12.1 Å². The van der Waals surface area contributed by atoms with Crippen LogP contribution in [0.5, 0.6) is 11.5 Å². The van der Waals surface area contributed by atoms with E-state index in [1.807, 2.05) is 36.4 Å². The second-order valence-corrected chi connectivity index (χ2v) is 10.1. The summed E-state index contributed by atoms with van der Waals surface area (Å²) in [4.78, 5) is 27.9. The fourth-order valence-electron chi connectivity index (χ4n) is 4.81. The number of anilines is 2. The Bertz CT molecular complexity index is 1430. The molecule has 3 N–H and O–H groups in total. The number of nitrogens with zero attached hydrogens (tertiary/aromatic N) is 2. The van der Waals surface area contributed by atoms with E-state index in [1.165, 1.54) is 0 Å². The molecule has 2 heterocycles. The molecule has 0 aliphatic carbocycles. The first-order chi connectivity index (χ1) is 20.9. The van der Waals surface area contributed by atoms with E-state index in [9.17, 15) is 14.7 Å². The third-order valence-corrected chi connectivity index (χ3v) is 7.17. The molecule has 1 fully saturated rings. The number of imide groups is 1. The topological polar surface area (TPSA) is 135 Å². The predicted molar refractivity (Wildman–Crippen MR) is 160 cm³/mol. The maximum Gasteiger partial charge on any atom is 0.330 e. The van der Waals surface area contributed by atoms with Crippen molar-refractivity contribution in [2.45, 2.75) is 37.6 Å². The molecule has 1 saturated heterocycles. The van der Waals surface area contributed by atoms with Crippen LogP contribution in [0.25, 0.3) is 11.3 Å². The minimum absolute atomic E-state index is 0.185. The average Bonchev–Trinajstić information content (AvgIpc) is 3.50. The van der Waals surface area contributed by atoms with Gasteiger partial charge in [0.25, 0.3) is 0 Å². The molecule has 5 rings (SSSR count). The number of rotatable bonds is 9.